The average Bonchev–Trinajstić information content (AvgIpc) is 2.41. The first-order valence-corrected chi connectivity index (χ1v) is 6.94. The Morgan fingerprint density at radius 1 is 1.20 bits per heavy atom. The van der Waals surface area contributed by atoms with E-state index < -0.39 is 5.82 Å². The van der Waals surface area contributed by atoms with Crippen molar-refractivity contribution in [2.75, 3.05) is 0 Å². The highest BCUT2D eigenvalue weighted by Crippen LogP contribution is 2.23. The van der Waals surface area contributed by atoms with Crippen LogP contribution in [0.25, 0.3) is 0 Å². The van der Waals surface area contributed by atoms with Gasteiger partial charge in [-0.1, -0.05) is 49.7 Å². The minimum atomic E-state index is -0.573. The van der Waals surface area contributed by atoms with E-state index in [0.717, 1.165) is 12.0 Å². The number of hydrogen-bond acceptors (Lipinski definition) is 1. The second-order valence-electron chi connectivity index (χ2n) is 5.23. The molecule has 104 valence electrons. The van der Waals surface area contributed by atoms with Crippen molar-refractivity contribution in [1.29, 1.82) is 0 Å². The molecule has 0 saturated carbocycles. The molecular weight excluding hydrogens is 275 g/mol. The van der Waals surface area contributed by atoms with Gasteiger partial charge in [-0.3, -0.25) is 4.79 Å². The Morgan fingerprint density at radius 2 is 1.90 bits per heavy atom. The lowest BCUT2D eigenvalue weighted by atomic mass is 9.97. The molecule has 0 fully saturated rings. The largest absolute Gasteiger partial charge is 0.289 e. The van der Waals surface area contributed by atoms with Gasteiger partial charge in [0.25, 0.3) is 0 Å². The van der Waals surface area contributed by atoms with E-state index in [9.17, 15) is 9.18 Å². The van der Waals surface area contributed by atoms with Crippen molar-refractivity contribution < 1.29 is 9.18 Å². The van der Waals surface area contributed by atoms with Crippen molar-refractivity contribution in [3.05, 3.63) is 70.0 Å². The van der Waals surface area contributed by atoms with Crippen LogP contribution < -0.4 is 0 Å². The fourth-order valence-electron chi connectivity index (χ4n) is 2.15. The first kappa shape index (κ1) is 14.7. The average molecular weight is 291 g/mol. The van der Waals surface area contributed by atoms with Crippen LogP contribution in [0.2, 0.25) is 5.02 Å². The Bertz CT molecular complexity index is 635. The van der Waals surface area contributed by atoms with Crippen LogP contribution in [0, 0.1) is 11.7 Å². The van der Waals surface area contributed by atoms with Gasteiger partial charge in [0.05, 0.1) is 5.02 Å². The summed E-state index contributed by atoms with van der Waals surface area (Å²) < 4.78 is 13.4. The maximum atomic E-state index is 13.4. The van der Waals surface area contributed by atoms with Gasteiger partial charge in [-0.15, -0.1) is 0 Å². The van der Waals surface area contributed by atoms with Crippen LogP contribution >= 0.6 is 11.6 Å². The van der Waals surface area contributed by atoms with Crippen LogP contribution in [0.1, 0.15) is 35.3 Å². The highest BCUT2D eigenvalue weighted by Gasteiger charge is 2.15. The fraction of sp³-hybridized carbons (Fsp3) is 0.235. The number of hydrogen-bond donors (Lipinski definition) is 0. The second kappa shape index (κ2) is 6.19. The minimum Gasteiger partial charge on any atom is -0.289 e. The summed E-state index contributed by atoms with van der Waals surface area (Å²) in [7, 11) is 0. The lowest BCUT2D eigenvalue weighted by Gasteiger charge is -2.08. The molecule has 0 atom stereocenters. The van der Waals surface area contributed by atoms with Crippen LogP contribution in [0.15, 0.2) is 42.5 Å². The van der Waals surface area contributed by atoms with E-state index in [2.05, 4.69) is 13.8 Å². The smallest absolute Gasteiger partial charge is 0.194 e. The quantitative estimate of drug-likeness (QED) is 0.731. The van der Waals surface area contributed by atoms with Crippen molar-refractivity contribution in [3.63, 3.8) is 0 Å². The third kappa shape index (κ3) is 3.26. The van der Waals surface area contributed by atoms with Crippen molar-refractivity contribution in [2.45, 2.75) is 20.3 Å². The number of halogens is 2. The molecule has 0 saturated heterocycles. The van der Waals surface area contributed by atoms with Gasteiger partial charge in [-0.25, -0.2) is 4.39 Å². The van der Waals surface area contributed by atoms with Gasteiger partial charge < -0.3 is 0 Å². The molecule has 0 aromatic heterocycles. The Labute approximate surface area is 123 Å². The van der Waals surface area contributed by atoms with Crippen LogP contribution in [-0.2, 0) is 6.42 Å². The van der Waals surface area contributed by atoms with Crippen molar-refractivity contribution in [2.24, 2.45) is 5.92 Å². The van der Waals surface area contributed by atoms with Crippen molar-refractivity contribution >= 4 is 17.4 Å². The normalized spacial score (nSPS) is 10.8. The van der Waals surface area contributed by atoms with E-state index in [0.29, 0.717) is 11.5 Å². The molecule has 0 unspecified atom stereocenters. The summed E-state index contributed by atoms with van der Waals surface area (Å²) in [5, 5.41) is -0.119. The van der Waals surface area contributed by atoms with Crippen LogP contribution in [0.5, 0.6) is 0 Å². The minimum absolute atomic E-state index is 0.119. The number of carbonyl (C=O) groups is 1. The zero-order valence-electron chi connectivity index (χ0n) is 11.5. The molecule has 2 rings (SSSR count). The van der Waals surface area contributed by atoms with Crippen LogP contribution in [0.4, 0.5) is 4.39 Å². The standard InChI is InChI=1S/C17H16ClFO/c1-11(2)9-12-5-3-6-13(10-12)17(20)14-7-4-8-15(19)16(14)18/h3-8,10-11H,9H2,1-2H3. The van der Waals surface area contributed by atoms with Crippen molar-refractivity contribution in [1.82, 2.24) is 0 Å². The predicted molar refractivity (Wildman–Crippen MR) is 79.8 cm³/mol. The molecule has 0 amide bonds. The van der Waals surface area contributed by atoms with Gasteiger partial charge in [-0.05, 0) is 36.1 Å². The Balaban J connectivity index is 2.36. The molecule has 1 nitrogen and oxygen atoms in total. The van der Waals surface area contributed by atoms with E-state index in [1.165, 1.54) is 12.1 Å². The Morgan fingerprint density at radius 3 is 2.60 bits per heavy atom. The van der Waals surface area contributed by atoms with Gasteiger partial charge in [-0.2, -0.15) is 0 Å². The summed E-state index contributed by atoms with van der Waals surface area (Å²) in [5.74, 6) is -0.311. The molecule has 3 heteroatoms. The third-order valence-corrected chi connectivity index (χ3v) is 3.41. The SMILES string of the molecule is CC(C)Cc1cccc(C(=O)c2cccc(F)c2Cl)c1. The van der Waals surface area contributed by atoms with Gasteiger partial charge >= 0.3 is 0 Å². The molecule has 0 heterocycles. The number of benzene rings is 2. The molecule has 20 heavy (non-hydrogen) atoms. The first-order valence-electron chi connectivity index (χ1n) is 6.56. The maximum Gasteiger partial charge on any atom is 0.194 e. The maximum absolute atomic E-state index is 13.4. The molecular formula is C17H16ClFO. The molecule has 0 aliphatic rings. The summed E-state index contributed by atoms with van der Waals surface area (Å²) >= 11 is 5.87. The molecule has 0 aliphatic heterocycles. The molecule has 2 aromatic carbocycles. The van der Waals surface area contributed by atoms with Gasteiger partial charge in [0.15, 0.2) is 5.78 Å². The molecule has 2 aromatic rings. The third-order valence-electron chi connectivity index (χ3n) is 3.03. The van der Waals surface area contributed by atoms with Gasteiger partial charge in [0.2, 0.25) is 0 Å². The number of ketones is 1. The Hall–Kier alpha value is -1.67. The topological polar surface area (TPSA) is 17.1 Å². The summed E-state index contributed by atoms with van der Waals surface area (Å²) in [5.41, 5.74) is 1.84. The number of rotatable bonds is 4. The molecule has 0 bridgehead atoms. The van der Waals surface area contributed by atoms with Crippen LogP contribution in [-0.4, -0.2) is 5.78 Å². The van der Waals surface area contributed by atoms with E-state index in [-0.39, 0.29) is 16.4 Å². The van der Waals surface area contributed by atoms with E-state index >= 15 is 0 Å². The zero-order chi connectivity index (χ0) is 14.7. The summed E-state index contributed by atoms with van der Waals surface area (Å²) in [4.78, 5) is 12.4. The zero-order valence-corrected chi connectivity index (χ0v) is 12.2. The van der Waals surface area contributed by atoms with E-state index in [4.69, 9.17) is 11.6 Å². The summed E-state index contributed by atoms with van der Waals surface area (Å²) in [6.45, 7) is 4.25. The first-order chi connectivity index (χ1) is 9.49. The summed E-state index contributed by atoms with van der Waals surface area (Å²) in [6.07, 6.45) is 0.901. The van der Waals surface area contributed by atoms with Gasteiger partial charge in [0, 0.05) is 11.1 Å². The molecule has 0 radical (unpaired) electrons. The molecule has 0 spiro atoms. The lowest BCUT2D eigenvalue weighted by molar-refractivity contribution is 0.103. The lowest BCUT2D eigenvalue weighted by Crippen LogP contribution is -2.04. The second-order valence-corrected chi connectivity index (χ2v) is 5.61. The Kier molecular flexibility index (Phi) is 4.56. The highest BCUT2D eigenvalue weighted by molar-refractivity contribution is 6.35. The molecule has 0 aliphatic carbocycles. The highest BCUT2D eigenvalue weighted by atomic mass is 35.5. The fourth-order valence-corrected chi connectivity index (χ4v) is 2.36. The number of carbonyl (C=O) groups excluding carboxylic acids is 1. The van der Waals surface area contributed by atoms with Crippen molar-refractivity contribution in [3.8, 4) is 0 Å². The van der Waals surface area contributed by atoms with Crippen LogP contribution in [0.3, 0.4) is 0 Å². The summed E-state index contributed by atoms with van der Waals surface area (Å²) in [6, 6.07) is 11.7. The van der Waals surface area contributed by atoms with E-state index in [1.54, 1.807) is 12.1 Å². The predicted octanol–water partition coefficient (Wildman–Crippen LogP) is 4.91. The monoisotopic (exact) mass is 290 g/mol. The van der Waals surface area contributed by atoms with E-state index in [1.807, 2.05) is 18.2 Å². The van der Waals surface area contributed by atoms with Gasteiger partial charge in [0.1, 0.15) is 5.82 Å². The molecule has 0 N–H and O–H groups in total.